The molecular weight excluding hydrogens is 326 g/mol. The Morgan fingerprint density at radius 2 is 1.80 bits per heavy atom. The molecule has 1 unspecified atom stereocenters. The molecule has 2 rings (SSSR count). The molecule has 0 amide bonds. The summed E-state index contributed by atoms with van der Waals surface area (Å²) in [5.41, 5.74) is 0.878. The minimum atomic E-state index is -1.27. The maximum atomic E-state index is 11.9. The maximum Gasteiger partial charge on any atom is 0.338 e. The average Bonchev–Trinajstić information content (AvgIpc) is 2.53. The van der Waals surface area contributed by atoms with Crippen LogP contribution < -0.4 is 0 Å². The zero-order valence-corrected chi connectivity index (χ0v) is 14.6. The largest absolute Gasteiger partial charge is 0.459 e. The molecule has 1 aliphatic rings. The Hall–Kier alpha value is -2.70. The van der Waals surface area contributed by atoms with Gasteiger partial charge in [-0.25, -0.2) is 4.79 Å². The highest BCUT2D eigenvalue weighted by Gasteiger charge is 2.42. The van der Waals surface area contributed by atoms with Crippen LogP contribution >= 0.6 is 0 Å². The van der Waals surface area contributed by atoms with E-state index in [9.17, 15) is 14.4 Å². The fraction of sp³-hybridized carbons (Fsp3) is 0.444. The van der Waals surface area contributed by atoms with Crippen LogP contribution in [0.4, 0.5) is 5.69 Å². The van der Waals surface area contributed by atoms with Crippen molar-refractivity contribution >= 4 is 29.8 Å². The predicted octanol–water partition coefficient (Wildman–Crippen LogP) is 2.80. The number of rotatable bonds is 5. The highest BCUT2D eigenvalue weighted by atomic mass is 16.7. The van der Waals surface area contributed by atoms with Crippen LogP contribution in [0.15, 0.2) is 29.3 Å². The second-order valence-electron chi connectivity index (χ2n) is 6.17. The lowest BCUT2D eigenvalue weighted by atomic mass is 10.1. The van der Waals surface area contributed by atoms with Crippen molar-refractivity contribution in [3.8, 4) is 0 Å². The van der Waals surface area contributed by atoms with E-state index in [1.165, 1.54) is 20.1 Å². The van der Waals surface area contributed by atoms with Crippen LogP contribution in [-0.4, -0.2) is 36.0 Å². The predicted molar refractivity (Wildman–Crippen MR) is 89.5 cm³/mol. The van der Waals surface area contributed by atoms with E-state index in [2.05, 4.69) is 4.99 Å². The second kappa shape index (κ2) is 7.46. The smallest absolute Gasteiger partial charge is 0.338 e. The van der Waals surface area contributed by atoms with E-state index in [0.29, 0.717) is 11.3 Å². The van der Waals surface area contributed by atoms with Crippen molar-refractivity contribution < 1.29 is 28.6 Å². The van der Waals surface area contributed by atoms with Crippen LogP contribution in [0.25, 0.3) is 0 Å². The van der Waals surface area contributed by atoms with Crippen LogP contribution in [0.5, 0.6) is 0 Å². The van der Waals surface area contributed by atoms with Gasteiger partial charge in [-0.1, -0.05) is 6.92 Å². The van der Waals surface area contributed by atoms with Gasteiger partial charge in [-0.3, -0.25) is 14.6 Å². The second-order valence-corrected chi connectivity index (χ2v) is 6.17. The number of carbonyl (C=O) groups excluding carboxylic acids is 3. The molecule has 0 aliphatic carbocycles. The third-order valence-electron chi connectivity index (χ3n) is 3.56. The lowest BCUT2D eigenvalue weighted by Crippen LogP contribution is -2.46. The van der Waals surface area contributed by atoms with Gasteiger partial charge in [0, 0.05) is 20.1 Å². The first kappa shape index (κ1) is 18.6. The Morgan fingerprint density at radius 3 is 2.32 bits per heavy atom. The maximum absolute atomic E-state index is 11.9. The molecule has 0 N–H and O–H groups in total. The SMILES string of the molecule is CCC(C)OC(=O)c1ccc(N=CC2C(=O)OC(C)(C)OC2=O)cc1. The summed E-state index contributed by atoms with van der Waals surface area (Å²) in [6.45, 7) is 6.71. The molecule has 1 heterocycles. The molecule has 25 heavy (non-hydrogen) atoms. The number of hydrogen-bond donors (Lipinski definition) is 0. The van der Waals surface area contributed by atoms with Gasteiger partial charge in [-0.2, -0.15) is 0 Å². The standard InChI is InChI=1S/C18H21NO6/c1-5-11(2)23-15(20)12-6-8-13(9-7-12)19-10-14-16(21)24-18(3,4)25-17(14)22/h6-11,14H,5H2,1-4H3. The molecule has 1 saturated heterocycles. The fourth-order valence-corrected chi connectivity index (χ4v) is 2.03. The first-order valence-corrected chi connectivity index (χ1v) is 8.03. The summed E-state index contributed by atoms with van der Waals surface area (Å²) in [4.78, 5) is 39.7. The molecule has 7 heteroatoms. The molecule has 0 spiro atoms. The zero-order chi connectivity index (χ0) is 18.6. The Bertz CT molecular complexity index is 672. The van der Waals surface area contributed by atoms with Gasteiger partial charge in [0.25, 0.3) is 5.79 Å². The highest BCUT2D eigenvalue weighted by Crippen LogP contribution is 2.23. The summed E-state index contributed by atoms with van der Waals surface area (Å²) in [5, 5.41) is 0. The van der Waals surface area contributed by atoms with E-state index >= 15 is 0 Å². The van der Waals surface area contributed by atoms with Crippen LogP contribution in [0.2, 0.25) is 0 Å². The van der Waals surface area contributed by atoms with Crippen molar-refractivity contribution in [1.82, 2.24) is 0 Å². The summed E-state index contributed by atoms with van der Waals surface area (Å²) in [5.74, 6) is -4.30. The molecule has 0 bridgehead atoms. The third kappa shape index (κ3) is 4.89. The highest BCUT2D eigenvalue weighted by molar-refractivity contribution is 6.10. The minimum Gasteiger partial charge on any atom is -0.459 e. The normalized spacial score (nSPS) is 18.6. The van der Waals surface area contributed by atoms with Gasteiger partial charge in [0.2, 0.25) is 0 Å². The molecule has 1 aliphatic heterocycles. The van der Waals surface area contributed by atoms with Gasteiger partial charge in [0.05, 0.1) is 17.4 Å². The Kier molecular flexibility index (Phi) is 5.56. The van der Waals surface area contributed by atoms with Gasteiger partial charge in [0.1, 0.15) is 0 Å². The lowest BCUT2D eigenvalue weighted by Gasteiger charge is -2.31. The summed E-state index contributed by atoms with van der Waals surface area (Å²) >= 11 is 0. The quantitative estimate of drug-likeness (QED) is 0.462. The molecule has 1 atom stereocenters. The number of hydrogen-bond acceptors (Lipinski definition) is 7. The monoisotopic (exact) mass is 347 g/mol. The van der Waals surface area contributed by atoms with Crippen LogP contribution in [0.1, 0.15) is 44.5 Å². The average molecular weight is 347 g/mol. The van der Waals surface area contributed by atoms with Crippen molar-refractivity contribution in [1.29, 1.82) is 0 Å². The van der Waals surface area contributed by atoms with Crippen molar-refractivity contribution in [2.24, 2.45) is 10.9 Å². The number of cyclic esters (lactones) is 2. The van der Waals surface area contributed by atoms with E-state index in [1.54, 1.807) is 24.3 Å². The molecule has 0 radical (unpaired) electrons. The van der Waals surface area contributed by atoms with Crippen LogP contribution in [0.3, 0.4) is 0 Å². The van der Waals surface area contributed by atoms with Crippen LogP contribution in [-0.2, 0) is 23.8 Å². The van der Waals surface area contributed by atoms with Gasteiger partial charge >= 0.3 is 17.9 Å². The number of benzene rings is 1. The summed E-state index contributed by atoms with van der Waals surface area (Å²) < 4.78 is 15.2. The number of carbonyl (C=O) groups is 3. The van der Waals surface area contributed by atoms with E-state index in [-0.39, 0.29) is 6.10 Å². The zero-order valence-electron chi connectivity index (χ0n) is 14.6. The first-order chi connectivity index (χ1) is 11.7. The summed E-state index contributed by atoms with van der Waals surface area (Å²) in [6, 6.07) is 6.32. The molecule has 1 aromatic carbocycles. The molecule has 134 valence electrons. The van der Waals surface area contributed by atoms with E-state index in [4.69, 9.17) is 14.2 Å². The fourth-order valence-electron chi connectivity index (χ4n) is 2.03. The van der Waals surface area contributed by atoms with E-state index in [0.717, 1.165) is 6.42 Å². The molecule has 1 aromatic rings. The third-order valence-corrected chi connectivity index (χ3v) is 3.56. The van der Waals surface area contributed by atoms with Crippen molar-refractivity contribution in [3.05, 3.63) is 29.8 Å². The van der Waals surface area contributed by atoms with E-state index < -0.39 is 29.6 Å². The molecule has 0 saturated carbocycles. The van der Waals surface area contributed by atoms with Crippen molar-refractivity contribution in [2.75, 3.05) is 0 Å². The van der Waals surface area contributed by atoms with Gasteiger partial charge in [-0.15, -0.1) is 0 Å². The first-order valence-electron chi connectivity index (χ1n) is 8.03. The van der Waals surface area contributed by atoms with Gasteiger partial charge < -0.3 is 14.2 Å². The topological polar surface area (TPSA) is 91.3 Å². The van der Waals surface area contributed by atoms with Crippen molar-refractivity contribution in [3.63, 3.8) is 0 Å². The number of ether oxygens (including phenoxy) is 3. The lowest BCUT2D eigenvalue weighted by molar-refractivity contribution is -0.235. The minimum absolute atomic E-state index is 0.155. The molecule has 7 nitrogen and oxygen atoms in total. The summed E-state index contributed by atoms with van der Waals surface area (Å²) in [7, 11) is 0. The summed E-state index contributed by atoms with van der Waals surface area (Å²) in [6.07, 6.45) is 1.75. The number of nitrogens with zero attached hydrogens (tertiary/aromatic N) is 1. The number of aliphatic imine (C=N–C) groups is 1. The van der Waals surface area contributed by atoms with Crippen LogP contribution in [0, 0.1) is 5.92 Å². The van der Waals surface area contributed by atoms with Gasteiger partial charge in [0.15, 0.2) is 5.92 Å². The molecule has 1 fully saturated rings. The van der Waals surface area contributed by atoms with E-state index in [1.807, 2.05) is 13.8 Å². The number of esters is 3. The Morgan fingerprint density at radius 1 is 1.24 bits per heavy atom. The molecular formula is C18H21NO6. The molecule has 0 aromatic heterocycles. The van der Waals surface area contributed by atoms with Crippen molar-refractivity contribution in [2.45, 2.75) is 46.0 Å². The Labute approximate surface area is 146 Å². The van der Waals surface area contributed by atoms with Gasteiger partial charge in [-0.05, 0) is 37.6 Å². The Balaban J connectivity index is 2.03.